The summed E-state index contributed by atoms with van der Waals surface area (Å²) >= 11 is 1.47. The van der Waals surface area contributed by atoms with E-state index in [1.807, 2.05) is 34.0 Å². The van der Waals surface area contributed by atoms with E-state index in [0.29, 0.717) is 11.7 Å². The van der Waals surface area contributed by atoms with Gasteiger partial charge in [-0.2, -0.15) is 0 Å². The van der Waals surface area contributed by atoms with Crippen molar-refractivity contribution in [3.63, 3.8) is 0 Å². The first-order valence-corrected chi connectivity index (χ1v) is 12.8. The zero-order valence-electron chi connectivity index (χ0n) is 18.7. The highest BCUT2D eigenvalue weighted by Crippen LogP contribution is 2.33. The number of carbonyl (C=O) groups is 1. The summed E-state index contributed by atoms with van der Waals surface area (Å²) in [6, 6.07) is 10.6. The summed E-state index contributed by atoms with van der Waals surface area (Å²) < 4.78 is 26.3. The minimum absolute atomic E-state index is 0.0580. The fourth-order valence-electron chi connectivity index (χ4n) is 3.52. The standard InChI is InChI=1S/C23H29N3O3S2/c1-6-31(28,29)20-11-8-7-10-18(20)22(27)26(13-9-12-25(4)5)23-24-19-15-16(2)14-17(3)21(19)30-23/h7-8,10-11,14-15H,6,9,12-13H2,1-5H3. The molecular weight excluding hydrogens is 430 g/mol. The quantitative estimate of drug-likeness (QED) is 0.502. The van der Waals surface area contributed by atoms with Gasteiger partial charge in [0.05, 0.1) is 26.4 Å². The molecule has 0 aliphatic rings. The lowest BCUT2D eigenvalue weighted by Gasteiger charge is -2.22. The van der Waals surface area contributed by atoms with E-state index in [0.717, 1.165) is 34.3 Å². The molecule has 0 unspecified atom stereocenters. The number of aromatic nitrogens is 1. The second kappa shape index (κ2) is 9.46. The Morgan fingerprint density at radius 1 is 1.10 bits per heavy atom. The fourth-order valence-corrected chi connectivity index (χ4v) is 5.65. The summed E-state index contributed by atoms with van der Waals surface area (Å²) in [7, 11) is 0.437. The molecular formula is C23H29N3O3S2. The Hall–Kier alpha value is -2.29. The van der Waals surface area contributed by atoms with Crippen molar-refractivity contribution in [1.29, 1.82) is 0 Å². The van der Waals surface area contributed by atoms with E-state index >= 15 is 0 Å². The van der Waals surface area contributed by atoms with Crippen molar-refractivity contribution >= 4 is 42.4 Å². The molecule has 0 radical (unpaired) electrons. The van der Waals surface area contributed by atoms with Crippen LogP contribution in [0.3, 0.4) is 0 Å². The van der Waals surface area contributed by atoms with E-state index in [4.69, 9.17) is 4.98 Å². The van der Waals surface area contributed by atoms with Gasteiger partial charge < -0.3 is 4.90 Å². The largest absolute Gasteiger partial charge is 0.309 e. The predicted octanol–water partition coefficient (Wildman–Crippen LogP) is 4.31. The monoisotopic (exact) mass is 459 g/mol. The summed E-state index contributed by atoms with van der Waals surface area (Å²) in [6.07, 6.45) is 0.745. The lowest BCUT2D eigenvalue weighted by atomic mass is 10.1. The number of carbonyl (C=O) groups excluding carboxylic acids is 1. The summed E-state index contributed by atoms with van der Waals surface area (Å²) in [5.41, 5.74) is 3.29. The lowest BCUT2D eigenvalue weighted by molar-refractivity contribution is 0.0983. The second-order valence-electron chi connectivity index (χ2n) is 7.94. The molecule has 0 N–H and O–H groups in total. The summed E-state index contributed by atoms with van der Waals surface area (Å²) in [5.74, 6) is -0.392. The highest BCUT2D eigenvalue weighted by Gasteiger charge is 2.27. The molecule has 6 nitrogen and oxygen atoms in total. The highest BCUT2D eigenvalue weighted by molar-refractivity contribution is 7.91. The number of sulfone groups is 1. The first kappa shape index (κ1) is 23.4. The van der Waals surface area contributed by atoms with E-state index < -0.39 is 9.84 Å². The molecule has 0 atom stereocenters. The van der Waals surface area contributed by atoms with Gasteiger partial charge in [-0.05, 0) is 70.2 Å². The van der Waals surface area contributed by atoms with Crippen molar-refractivity contribution in [1.82, 2.24) is 9.88 Å². The Morgan fingerprint density at radius 3 is 2.48 bits per heavy atom. The number of fused-ring (bicyclic) bond motifs is 1. The van der Waals surface area contributed by atoms with Gasteiger partial charge in [0.25, 0.3) is 5.91 Å². The van der Waals surface area contributed by atoms with Gasteiger partial charge >= 0.3 is 0 Å². The molecule has 0 bridgehead atoms. The van der Waals surface area contributed by atoms with Gasteiger partial charge in [-0.25, -0.2) is 13.4 Å². The van der Waals surface area contributed by atoms with Crippen molar-refractivity contribution in [3.8, 4) is 0 Å². The van der Waals surface area contributed by atoms with Crippen LogP contribution in [0.5, 0.6) is 0 Å². The van der Waals surface area contributed by atoms with Gasteiger partial charge in [0.1, 0.15) is 0 Å². The molecule has 0 saturated heterocycles. The van der Waals surface area contributed by atoms with E-state index in [1.54, 1.807) is 30.0 Å². The van der Waals surface area contributed by atoms with E-state index in [2.05, 4.69) is 11.0 Å². The van der Waals surface area contributed by atoms with Gasteiger partial charge in [-0.3, -0.25) is 9.69 Å². The molecule has 0 fully saturated rings. The van der Waals surface area contributed by atoms with Crippen LogP contribution >= 0.6 is 11.3 Å². The summed E-state index contributed by atoms with van der Waals surface area (Å²) in [6.45, 7) is 6.91. The fraction of sp³-hybridized carbons (Fsp3) is 0.391. The van der Waals surface area contributed by atoms with Crippen molar-refractivity contribution in [3.05, 3.63) is 53.1 Å². The molecule has 0 aliphatic heterocycles. The van der Waals surface area contributed by atoms with Crippen LogP contribution < -0.4 is 4.90 Å². The number of hydrogen-bond donors (Lipinski definition) is 0. The summed E-state index contributed by atoms with van der Waals surface area (Å²) in [5, 5.41) is 0.594. The van der Waals surface area contributed by atoms with Crippen LogP contribution in [0.25, 0.3) is 10.2 Å². The van der Waals surface area contributed by atoms with Gasteiger partial charge in [-0.1, -0.05) is 36.5 Å². The Bertz CT molecular complexity index is 1200. The Labute approximate surface area is 188 Å². The molecule has 8 heteroatoms. The van der Waals surface area contributed by atoms with Crippen LogP contribution in [0.2, 0.25) is 0 Å². The normalized spacial score (nSPS) is 11.9. The molecule has 0 spiro atoms. The topological polar surface area (TPSA) is 70.6 Å². The first-order chi connectivity index (χ1) is 14.6. The maximum Gasteiger partial charge on any atom is 0.261 e. The molecule has 1 aromatic heterocycles. The molecule has 3 aromatic rings. The van der Waals surface area contributed by atoms with Gasteiger partial charge in [0.15, 0.2) is 15.0 Å². The van der Waals surface area contributed by atoms with Crippen LogP contribution in [0.15, 0.2) is 41.3 Å². The van der Waals surface area contributed by atoms with Gasteiger partial charge in [0, 0.05) is 6.54 Å². The Kier molecular flexibility index (Phi) is 7.13. The maximum absolute atomic E-state index is 13.6. The molecule has 2 aromatic carbocycles. The SMILES string of the molecule is CCS(=O)(=O)c1ccccc1C(=O)N(CCCN(C)C)c1nc2cc(C)cc(C)c2s1. The number of anilines is 1. The Balaban J connectivity index is 2.09. The summed E-state index contributed by atoms with van der Waals surface area (Å²) in [4.78, 5) is 22.2. The number of benzene rings is 2. The highest BCUT2D eigenvalue weighted by atomic mass is 32.2. The molecule has 1 heterocycles. The van der Waals surface area contributed by atoms with Crippen LogP contribution in [0, 0.1) is 13.8 Å². The van der Waals surface area contributed by atoms with Crippen LogP contribution in [-0.4, -0.2) is 57.1 Å². The van der Waals surface area contributed by atoms with Crippen molar-refractivity contribution < 1.29 is 13.2 Å². The van der Waals surface area contributed by atoms with Gasteiger partial charge in [0.2, 0.25) is 0 Å². The number of rotatable bonds is 8. The zero-order chi connectivity index (χ0) is 22.8. The zero-order valence-corrected chi connectivity index (χ0v) is 20.3. The van der Waals surface area contributed by atoms with Crippen molar-refractivity contribution in [2.75, 3.05) is 37.8 Å². The number of aryl methyl sites for hydroxylation is 2. The average Bonchev–Trinajstić information content (AvgIpc) is 3.14. The van der Waals surface area contributed by atoms with Gasteiger partial charge in [-0.15, -0.1) is 0 Å². The third kappa shape index (κ3) is 5.14. The van der Waals surface area contributed by atoms with Crippen LogP contribution in [0.1, 0.15) is 34.8 Å². The third-order valence-corrected chi connectivity index (χ3v) is 8.12. The second-order valence-corrected chi connectivity index (χ2v) is 11.2. The Morgan fingerprint density at radius 2 is 1.81 bits per heavy atom. The maximum atomic E-state index is 13.6. The minimum Gasteiger partial charge on any atom is -0.309 e. The molecule has 166 valence electrons. The minimum atomic E-state index is -3.53. The number of thiazole rings is 1. The molecule has 31 heavy (non-hydrogen) atoms. The van der Waals surface area contributed by atoms with Crippen LogP contribution in [-0.2, 0) is 9.84 Å². The van der Waals surface area contributed by atoms with Crippen molar-refractivity contribution in [2.45, 2.75) is 32.1 Å². The number of amides is 1. The number of hydrogen-bond acceptors (Lipinski definition) is 6. The first-order valence-electron chi connectivity index (χ1n) is 10.3. The molecule has 0 aliphatic carbocycles. The molecule has 0 saturated carbocycles. The smallest absolute Gasteiger partial charge is 0.261 e. The van der Waals surface area contributed by atoms with Crippen LogP contribution in [0.4, 0.5) is 5.13 Å². The molecule has 3 rings (SSSR count). The average molecular weight is 460 g/mol. The lowest BCUT2D eigenvalue weighted by Crippen LogP contribution is -2.34. The van der Waals surface area contributed by atoms with E-state index in [-0.39, 0.29) is 22.1 Å². The molecule has 1 amide bonds. The number of nitrogens with zero attached hydrogens (tertiary/aromatic N) is 3. The predicted molar refractivity (Wildman–Crippen MR) is 128 cm³/mol. The van der Waals surface area contributed by atoms with Crippen molar-refractivity contribution in [2.24, 2.45) is 0 Å². The van der Waals surface area contributed by atoms with E-state index in [1.165, 1.54) is 17.4 Å². The van der Waals surface area contributed by atoms with E-state index in [9.17, 15) is 13.2 Å². The third-order valence-electron chi connectivity index (χ3n) is 5.10.